The lowest BCUT2D eigenvalue weighted by molar-refractivity contribution is 0.0137. The minimum absolute atomic E-state index is 0.0141. The Labute approximate surface area is 138 Å². The molecule has 118 valence electrons. The first-order valence-corrected chi connectivity index (χ1v) is 8.49. The van der Waals surface area contributed by atoms with E-state index in [1.807, 2.05) is 36.9 Å². The number of piperidine rings is 1. The van der Waals surface area contributed by atoms with E-state index >= 15 is 0 Å². The molecular weight excluding hydrogens is 346 g/mol. The molecule has 0 radical (unpaired) electrons. The van der Waals surface area contributed by atoms with Gasteiger partial charge in [0, 0.05) is 35.1 Å². The number of amides is 1. The van der Waals surface area contributed by atoms with E-state index in [4.69, 9.17) is 9.15 Å². The third kappa shape index (κ3) is 2.92. The van der Waals surface area contributed by atoms with E-state index in [2.05, 4.69) is 15.9 Å². The molecule has 5 heteroatoms. The van der Waals surface area contributed by atoms with Gasteiger partial charge in [-0.3, -0.25) is 4.79 Å². The van der Waals surface area contributed by atoms with Crippen molar-refractivity contribution in [3.8, 4) is 0 Å². The first kappa shape index (κ1) is 15.6. The summed E-state index contributed by atoms with van der Waals surface area (Å²) < 4.78 is 12.4. The Balaban J connectivity index is 1.80. The molecule has 0 bridgehead atoms. The van der Waals surface area contributed by atoms with E-state index in [1.165, 1.54) is 0 Å². The van der Waals surface area contributed by atoms with Crippen LogP contribution >= 0.6 is 15.9 Å². The van der Waals surface area contributed by atoms with Crippen LogP contribution in [0, 0.1) is 6.92 Å². The average Bonchev–Trinajstić information content (AvgIpc) is 2.84. The lowest BCUT2D eigenvalue weighted by Crippen LogP contribution is -2.41. The molecule has 1 aliphatic heterocycles. The molecule has 0 unspecified atom stereocenters. The molecule has 0 spiro atoms. The molecular formula is C17H20BrNO3. The van der Waals surface area contributed by atoms with Crippen LogP contribution in [0.1, 0.15) is 35.9 Å². The van der Waals surface area contributed by atoms with E-state index in [0.29, 0.717) is 5.76 Å². The molecule has 0 atom stereocenters. The molecule has 1 amide bonds. The average molecular weight is 366 g/mol. The third-order valence-electron chi connectivity index (χ3n) is 4.22. The van der Waals surface area contributed by atoms with Crippen molar-refractivity contribution in [3.05, 3.63) is 34.0 Å². The number of benzene rings is 1. The molecule has 1 saturated heterocycles. The smallest absolute Gasteiger partial charge is 0.289 e. The van der Waals surface area contributed by atoms with Gasteiger partial charge >= 0.3 is 0 Å². The molecule has 22 heavy (non-hydrogen) atoms. The predicted molar refractivity (Wildman–Crippen MR) is 89.2 cm³/mol. The van der Waals surface area contributed by atoms with E-state index in [-0.39, 0.29) is 12.0 Å². The van der Waals surface area contributed by atoms with Gasteiger partial charge in [0.25, 0.3) is 5.91 Å². The summed E-state index contributed by atoms with van der Waals surface area (Å²) in [6.45, 7) is 6.13. The number of aryl methyl sites for hydroxylation is 1. The minimum atomic E-state index is -0.0141. The summed E-state index contributed by atoms with van der Waals surface area (Å²) in [7, 11) is 0. The number of halogens is 1. The van der Waals surface area contributed by atoms with E-state index in [0.717, 1.165) is 53.5 Å². The highest BCUT2D eigenvalue weighted by molar-refractivity contribution is 9.10. The van der Waals surface area contributed by atoms with Crippen molar-refractivity contribution in [2.24, 2.45) is 0 Å². The Hall–Kier alpha value is -1.33. The summed E-state index contributed by atoms with van der Waals surface area (Å²) in [4.78, 5) is 14.6. The summed E-state index contributed by atoms with van der Waals surface area (Å²) >= 11 is 3.46. The number of carbonyl (C=O) groups is 1. The van der Waals surface area contributed by atoms with Crippen molar-refractivity contribution in [2.75, 3.05) is 19.7 Å². The van der Waals surface area contributed by atoms with Crippen molar-refractivity contribution in [3.63, 3.8) is 0 Å². The Morgan fingerprint density at radius 2 is 2.14 bits per heavy atom. The number of ether oxygens (including phenoxy) is 1. The molecule has 0 saturated carbocycles. The van der Waals surface area contributed by atoms with Gasteiger partial charge in [-0.25, -0.2) is 0 Å². The van der Waals surface area contributed by atoms with Crippen LogP contribution in [0.5, 0.6) is 0 Å². The van der Waals surface area contributed by atoms with Crippen LogP contribution in [-0.4, -0.2) is 36.6 Å². The molecule has 1 aromatic carbocycles. The van der Waals surface area contributed by atoms with Gasteiger partial charge in [-0.1, -0.05) is 15.9 Å². The fraction of sp³-hybridized carbons (Fsp3) is 0.471. The maximum absolute atomic E-state index is 12.7. The lowest BCUT2D eigenvalue weighted by atomic mass is 10.1. The van der Waals surface area contributed by atoms with Crippen LogP contribution in [0.25, 0.3) is 11.0 Å². The van der Waals surface area contributed by atoms with Gasteiger partial charge in [-0.2, -0.15) is 0 Å². The standard InChI is InChI=1S/C17H20BrNO3/c1-3-21-13-6-8-19(9-7-13)17(20)16-11(2)14-10-12(18)4-5-15(14)22-16/h4-5,10,13H,3,6-9H2,1-2H3. The Morgan fingerprint density at radius 1 is 1.41 bits per heavy atom. The number of likely N-dealkylation sites (tertiary alicyclic amines) is 1. The quantitative estimate of drug-likeness (QED) is 0.820. The summed E-state index contributed by atoms with van der Waals surface area (Å²) in [6, 6.07) is 5.81. The van der Waals surface area contributed by atoms with Crippen molar-refractivity contribution in [1.29, 1.82) is 0 Å². The summed E-state index contributed by atoms with van der Waals surface area (Å²) in [5.41, 5.74) is 1.67. The van der Waals surface area contributed by atoms with Gasteiger partial charge in [0.1, 0.15) is 5.58 Å². The van der Waals surface area contributed by atoms with E-state index in [9.17, 15) is 4.79 Å². The first-order chi connectivity index (χ1) is 10.6. The molecule has 1 aliphatic rings. The molecule has 2 heterocycles. The second-order valence-corrected chi connectivity index (χ2v) is 6.56. The van der Waals surface area contributed by atoms with Crippen LogP contribution < -0.4 is 0 Å². The first-order valence-electron chi connectivity index (χ1n) is 7.69. The van der Waals surface area contributed by atoms with Gasteiger partial charge < -0.3 is 14.1 Å². The van der Waals surface area contributed by atoms with Gasteiger partial charge in [0.15, 0.2) is 5.76 Å². The van der Waals surface area contributed by atoms with E-state index < -0.39 is 0 Å². The zero-order valence-electron chi connectivity index (χ0n) is 12.9. The number of fused-ring (bicyclic) bond motifs is 1. The predicted octanol–water partition coefficient (Wildman–Crippen LogP) is 4.14. The molecule has 3 rings (SSSR count). The number of nitrogens with zero attached hydrogens (tertiary/aromatic N) is 1. The molecule has 0 aliphatic carbocycles. The zero-order chi connectivity index (χ0) is 15.7. The van der Waals surface area contributed by atoms with Gasteiger partial charge in [0.2, 0.25) is 0 Å². The number of furan rings is 1. The number of carbonyl (C=O) groups excluding carboxylic acids is 1. The molecule has 1 fully saturated rings. The number of hydrogen-bond acceptors (Lipinski definition) is 3. The zero-order valence-corrected chi connectivity index (χ0v) is 14.5. The second kappa shape index (κ2) is 6.42. The van der Waals surface area contributed by atoms with Gasteiger partial charge in [-0.15, -0.1) is 0 Å². The minimum Gasteiger partial charge on any atom is -0.451 e. The monoisotopic (exact) mass is 365 g/mol. The summed E-state index contributed by atoms with van der Waals surface area (Å²) in [6.07, 6.45) is 2.07. The van der Waals surface area contributed by atoms with Crippen molar-refractivity contribution < 1.29 is 13.9 Å². The maximum Gasteiger partial charge on any atom is 0.289 e. The fourth-order valence-electron chi connectivity index (χ4n) is 3.00. The SMILES string of the molecule is CCOC1CCN(C(=O)c2oc3ccc(Br)cc3c2C)CC1. The highest BCUT2D eigenvalue weighted by atomic mass is 79.9. The highest BCUT2D eigenvalue weighted by Gasteiger charge is 2.27. The molecule has 4 nitrogen and oxygen atoms in total. The molecule has 0 N–H and O–H groups in total. The Bertz CT molecular complexity index is 687. The Morgan fingerprint density at radius 3 is 2.82 bits per heavy atom. The maximum atomic E-state index is 12.7. The van der Waals surface area contributed by atoms with Crippen molar-refractivity contribution in [1.82, 2.24) is 4.90 Å². The number of hydrogen-bond donors (Lipinski definition) is 0. The Kier molecular flexibility index (Phi) is 4.54. The van der Waals surface area contributed by atoms with Crippen molar-refractivity contribution >= 4 is 32.8 Å². The van der Waals surface area contributed by atoms with Crippen LogP contribution in [-0.2, 0) is 4.74 Å². The van der Waals surface area contributed by atoms with E-state index in [1.54, 1.807) is 0 Å². The van der Waals surface area contributed by atoms with Gasteiger partial charge in [0.05, 0.1) is 6.10 Å². The van der Waals surface area contributed by atoms with Crippen LogP contribution in [0.15, 0.2) is 27.1 Å². The summed E-state index contributed by atoms with van der Waals surface area (Å²) in [5.74, 6) is 0.447. The van der Waals surface area contributed by atoms with Crippen LogP contribution in [0.3, 0.4) is 0 Å². The lowest BCUT2D eigenvalue weighted by Gasteiger charge is -2.31. The fourth-order valence-corrected chi connectivity index (χ4v) is 3.36. The summed E-state index contributed by atoms with van der Waals surface area (Å²) in [5, 5.41) is 0.988. The van der Waals surface area contributed by atoms with Gasteiger partial charge in [-0.05, 0) is 44.9 Å². The largest absolute Gasteiger partial charge is 0.451 e. The normalized spacial score (nSPS) is 16.4. The second-order valence-electron chi connectivity index (χ2n) is 5.64. The molecule has 1 aromatic heterocycles. The third-order valence-corrected chi connectivity index (χ3v) is 4.72. The van der Waals surface area contributed by atoms with Crippen LogP contribution in [0.2, 0.25) is 0 Å². The highest BCUT2D eigenvalue weighted by Crippen LogP contribution is 2.29. The topological polar surface area (TPSA) is 42.7 Å². The van der Waals surface area contributed by atoms with Crippen LogP contribution in [0.4, 0.5) is 0 Å². The van der Waals surface area contributed by atoms with Crippen molar-refractivity contribution in [2.45, 2.75) is 32.8 Å². The molecule has 2 aromatic rings. The number of rotatable bonds is 3.